The lowest BCUT2D eigenvalue weighted by Gasteiger charge is -2.36. The number of nitrogens with zero attached hydrogens (tertiary/aromatic N) is 5. The van der Waals surface area contributed by atoms with Gasteiger partial charge in [-0.2, -0.15) is 0 Å². The number of anilines is 1. The topological polar surface area (TPSA) is 88.1 Å². The van der Waals surface area contributed by atoms with Crippen molar-refractivity contribution in [3.05, 3.63) is 65.7 Å². The molecule has 0 saturated carbocycles. The summed E-state index contributed by atoms with van der Waals surface area (Å²) in [5, 5.41) is 8.87. The number of hydrogen-bond donors (Lipinski definition) is 0. The fraction of sp³-hybridized carbons (Fsp3) is 0.400. The van der Waals surface area contributed by atoms with Gasteiger partial charge in [-0.3, -0.25) is 9.59 Å². The summed E-state index contributed by atoms with van der Waals surface area (Å²) >= 11 is 0. The van der Waals surface area contributed by atoms with Crippen molar-refractivity contribution in [1.29, 1.82) is 0 Å². The van der Waals surface area contributed by atoms with Gasteiger partial charge in [-0.1, -0.05) is 31.0 Å². The largest absolute Gasteiger partial charge is 0.497 e. The Morgan fingerprint density at radius 1 is 0.923 bits per heavy atom. The van der Waals surface area contributed by atoms with Crippen molar-refractivity contribution in [3.63, 3.8) is 0 Å². The highest BCUT2D eigenvalue weighted by atomic mass is 16.5. The van der Waals surface area contributed by atoms with Crippen LogP contribution in [0.2, 0.25) is 0 Å². The van der Waals surface area contributed by atoms with Gasteiger partial charge in [0.1, 0.15) is 18.0 Å². The lowest BCUT2D eigenvalue weighted by molar-refractivity contribution is -0.132. The second kappa shape index (κ2) is 13.1. The molecular formula is C30H37N5O4. The third-order valence-corrected chi connectivity index (χ3v) is 6.98. The van der Waals surface area contributed by atoms with Crippen LogP contribution in [0, 0.1) is 6.92 Å². The van der Waals surface area contributed by atoms with E-state index in [2.05, 4.69) is 22.0 Å². The van der Waals surface area contributed by atoms with E-state index in [1.54, 1.807) is 19.1 Å². The maximum absolute atomic E-state index is 13.2. The van der Waals surface area contributed by atoms with Crippen LogP contribution in [0.15, 0.2) is 54.6 Å². The van der Waals surface area contributed by atoms with Crippen LogP contribution in [0.4, 0.5) is 5.82 Å². The normalized spacial score (nSPS) is 13.2. The van der Waals surface area contributed by atoms with E-state index in [-0.39, 0.29) is 18.4 Å². The summed E-state index contributed by atoms with van der Waals surface area (Å²) in [7, 11) is 3.23. The molecule has 9 nitrogen and oxygen atoms in total. The first-order valence-electron chi connectivity index (χ1n) is 13.4. The molecule has 1 aliphatic rings. The van der Waals surface area contributed by atoms with Crippen molar-refractivity contribution in [2.24, 2.45) is 0 Å². The Balaban J connectivity index is 1.36. The highest BCUT2D eigenvalue weighted by molar-refractivity contribution is 5.96. The quantitative estimate of drug-likeness (QED) is 0.390. The summed E-state index contributed by atoms with van der Waals surface area (Å²) in [5.41, 5.74) is 3.25. The van der Waals surface area contributed by atoms with E-state index < -0.39 is 0 Å². The maximum atomic E-state index is 13.2. The molecule has 206 valence electrons. The molecule has 0 atom stereocenters. The highest BCUT2D eigenvalue weighted by Gasteiger charge is 2.26. The number of unbranched alkanes of at least 4 members (excludes halogenated alkanes) is 1. The predicted molar refractivity (Wildman–Crippen MR) is 151 cm³/mol. The van der Waals surface area contributed by atoms with Crippen molar-refractivity contribution < 1.29 is 19.1 Å². The molecule has 2 heterocycles. The maximum Gasteiger partial charge on any atom is 0.254 e. The van der Waals surface area contributed by atoms with Crippen LogP contribution in [-0.4, -0.2) is 85.3 Å². The van der Waals surface area contributed by atoms with Crippen molar-refractivity contribution in [3.8, 4) is 22.8 Å². The predicted octanol–water partition coefficient (Wildman–Crippen LogP) is 4.06. The first-order chi connectivity index (χ1) is 18.9. The van der Waals surface area contributed by atoms with E-state index in [1.165, 1.54) is 0 Å². The minimum absolute atomic E-state index is 0.0285. The molecular weight excluding hydrogens is 494 g/mol. The molecule has 2 amide bonds. The van der Waals surface area contributed by atoms with Gasteiger partial charge in [-0.05, 0) is 49.7 Å². The van der Waals surface area contributed by atoms with E-state index in [1.807, 2.05) is 66.4 Å². The Kier molecular flexibility index (Phi) is 9.35. The second-order valence-electron chi connectivity index (χ2n) is 9.66. The van der Waals surface area contributed by atoms with Crippen molar-refractivity contribution in [2.75, 3.05) is 58.4 Å². The first kappa shape index (κ1) is 27.9. The molecule has 1 aromatic heterocycles. The van der Waals surface area contributed by atoms with Gasteiger partial charge in [0.25, 0.3) is 5.91 Å². The lowest BCUT2D eigenvalue weighted by Crippen LogP contribution is -2.52. The average molecular weight is 532 g/mol. The smallest absolute Gasteiger partial charge is 0.254 e. The summed E-state index contributed by atoms with van der Waals surface area (Å²) < 4.78 is 10.8. The molecule has 0 unspecified atom stereocenters. The van der Waals surface area contributed by atoms with E-state index in [4.69, 9.17) is 9.47 Å². The molecule has 2 aromatic carbocycles. The van der Waals surface area contributed by atoms with E-state index in [0.29, 0.717) is 55.5 Å². The van der Waals surface area contributed by atoms with Crippen LogP contribution in [0.25, 0.3) is 11.3 Å². The number of benzene rings is 2. The Morgan fingerprint density at radius 2 is 1.67 bits per heavy atom. The molecule has 9 heteroatoms. The van der Waals surface area contributed by atoms with Gasteiger partial charge in [0, 0.05) is 49.9 Å². The minimum Gasteiger partial charge on any atom is -0.497 e. The number of methoxy groups -OCH3 is 2. The van der Waals surface area contributed by atoms with Crippen LogP contribution in [-0.2, 0) is 4.79 Å². The summed E-state index contributed by atoms with van der Waals surface area (Å²) in [6.07, 6.45) is 1.81. The number of aromatic nitrogens is 2. The standard InChI is InChI=1S/C30H37N5O4/c1-5-6-15-35(30(37)23-9-7-22(2)8-10-23)21-29(36)34-18-16-33(17-19-34)28-14-13-26(31-32-28)25-12-11-24(38-3)20-27(25)39-4/h7-14,20H,5-6,15-19,21H2,1-4H3. The Bertz CT molecular complexity index is 1260. The van der Waals surface area contributed by atoms with Crippen LogP contribution < -0.4 is 14.4 Å². The number of hydrogen-bond acceptors (Lipinski definition) is 7. The Labute approximate surface area is 230 Å². The summed E-state index contributed by atoms with van der Waals surface area (Å²) in [6.45, 7) is 7.15. The number of ether oxygens (including phenoxy) is 2. The Morgan fingerprint density at radius 3 is 2.28 bits per heavy atom. The lowest BCUT2D eigenvalue weighted by atomic mass is 10.1. The van der Waals surface area contributed by atoms with Crippen molar-refractivity contribution in [2.45, 2.75) is 26.7 Å². The van der Waals surface area contributed by atoms with Gasteiger partial charge in [-0.25, -0.2) is 0 Å². The van der Waals surface area contributed by atoms with E-state index in [9.17, 15) is 9.59 Å². The molecule has 39 heavy (non-hydrogen) atoms. The van der Waals surface area contributed by atoms with Crippen LogP contribution in [0.5, 0.6) is 11.5 Å². The summed E-state index contributed by atoms with van der Waals surface area (Å²) in [4.78, 5) is 32.0. The van der Waals surface area contributed by atoms with Gasteiger partial charge in [0.05, 0.1) is 19.9 Å². The molecule has 1 fully saturated rings. The summed E-state index contributed by atoms with van der Waals surface area (Å²) in [6, 6.07) is 17.0. The first-order valence-corrected chi connectivity index (χ1v) is 13.4. The molecule has 0 radical (unpaired) electrons. The fourth-order valence-electron chi connectivity index (χ4n) is 4.58. The monoisotopic (exact) mass is 531 g/mol. The number of carbonyl (C=O) groups excluding carboxylic acids is 2. The highest BCUT2D eigenvalue weighted by Crippen LogP contribution is 2.32. The number of amides is 2. The molecule has 3 aromatic rings. The fourth-order valence-corrected chi connectivity index (χ4v) is 4.58. The Hall–Kier alpha value is -4.14. The third-order valence-electron chi connectivity index (χ3n) is 6.98. The van der Waals surface area contributed by atoms with Crippen LogP contribution in [0.3, 0.4) is 0 Å². The van der Waals surface area contributed by atoms with Gasteiger partial charge in [0.2, 0.25) is 5.91 Å². The zero-order valence-electron chi connectivity index (χ0n) is 23.2. The number of piperazine rings is 1. The van der Waals surface area contributed by atoms with Gasteiger partial charge in [-0.15, -0.1) is 10.2 Å². The minimum atomic E-state index is -0.0979. The number of aryl methyl sites for hydroxylation is 1. The molecule has 1 saturated heterocycles. The molecule has 1 aliphatic heterocycles. The SMILES string of the molecule is CCCCN(CC(=O)N1CCN(c2ccc(-c3ccc(OC)cc3OC)nn2)CC1)C(=O)c1ccc(C)cc1. The van der Waals surface area contributed by atoms with Crippen LogP contribution >= 0.6 is 0 Å². The van der Waals surface area contributed by atoms with Gasteiger partial charge >= 0.3 is 0 Å². The summed E-state index contributed by atoms with van der Waals surface area (Å²) in [5.74, 6) is 2.01. The number of rotatable bonds is 10. The second-order valence-corrected chi connectivity index (χ2v) is 9.66. The van der Waals surface area contributed by atoms with Gasteiger partial charge in [0.15, 0.2) is 5.82 Å². The van der Waals surface area contributed by atoms with E-state index in [0.717, 1.165) is 29.8 Å². The van der Waals surface area contributed by atoms with E-state index >= 15 is 0 Å². The average Bonchev–Trinajstić information content (AvgIpc) is 2.99. The van der Waals surface area contributed by atoms with Gasteiger partial charge < -0.3 is 24.2 Å². The molecule has 0 N–H and O–H groups in total. The van der Waals surface area contributed by atoms with Crippen LogP contribution in [0.1, 0.15) is 35.7 Å². The number of carbonyl (C=O) groups is 2. The molecule has 4 rings (SSSR count). The third kappa shape index (κ3) is 6.85. The van der Waals surface area contributed by atoms with Crippen molar-refractivity contribution in [1.82, 2.24) is 20.0 Å². The zero-order valence-corrected chi connectivity index (χ0v) is 23.2. The molecule has 0 bridgehead atoms. The van der Waals surface area contributed by atoms with Crippen molar-refractivity contribution >= 4 is 17.6 Å². The molecule has 0 aliphatic carbocycles. The molecule has 0 spiro atoms. The zero-order chi connectivity index (χ0) is 27.8.